The van der Waals surface area contributed by atoms with Gasteiger partial charge in [-0.3, -0.25) is 4.79 Å². The van der Waals surface area contributed by atoms with E-state index in [9.17, 15) is 4.79 Å². The molecule has 146 valence electrons. The van der Waals surface area contributed by atoms with E-state index < -0.39 is 0 Å². The molecule has 0 radical (unpaired) electrons. The highest BCUT2D eigenvalue weighted by molar-refractivity contribution is 5.79. The number of nitrogens with zero attached hydrogens (tertiary/aromatic N) is 5. The zero-order valence-corrected chi connectivity index (χ0v) is 16.1. The number of benzene rings is 1. The van der Waals surface area contributed by atoms with Crippen molar-refractivity contribution in [1.82, 2.24) is 25.3 Å². The van der Waals surface area contributed by atoms with Crippen LogP contribution in [0.25, 0.3) is 11.0 Å². The molecule has 3 aromatic rings. The van der Waals surface area contributed by atoms with Crippen molar-refractivity contribution in [3.8, 4) is 0 Å². The van der Waals surface area contributed by atoms with Gasteiger partial charge in [0.25, 0.3) is 0 Å². The molecule has 1 fully saturated rings. The predicted octanol–water partition coefficient (Wildman–Crippen LogP) is 1.76. The molecule has 0 unspecified atom stereocenters. The summed E-state index contributed by atoms with van der Waals surface area (Å²) in [5, 5.41) is 11.0. The number of para-hydroxylation sites is 1. The Balaban J connectivity index is 1.33. The van der Waals surface area contributed by atoms with Crippen LogP contribution < -0.4 is 10.2 Å². The zero-order valence-electron chi connectivity index (χ0n) is 16.1. The van der Waals surface area contributed by atoms with E-state index in [-0.39, 0.29) is 24.7 Å². The summed E-state index contributed by atoms with van der Waals surface area (Å²) in [6.45, 7) is 6.37. The Kier molecular flexibility index (Phi) is 5.21. The number of pyridine rings is 1. The predicted molar refractivity (Wildman–Crippen MR) is 106 cm³/mol. The minimum Gasteiger partial charge on any atom is -0.372 e. The number of morpholine rings is 1. The molecule has 1 aliphatic rings. The van der Waals surface area contributed by atoms with E-state index in [4.69, 9.17) is 4.74 Å². The lowest BCUT2D eigenvalue weighted by Gasteiger charge is -2.36. The Hall–Kier alpha value is -3.00. The Morgan fingerprint density at radius 1 is 1.18 bits per heavy atom. The summed E-state index contributed by atoms with van der Waals surface area (Å²) in [5.41, 5.74) is 2.58. The van der Waals surface area contributed by atoms with Crippen LogP contribution in [0.3, 0.4) is 0 Å². The molecular weight excluding hydrogens is 356 g/mol. The molecule has 0 aliphatic carbocycles. The van der Waals surface area contributed by atoms with Gasteiger partial charge in [0, 0.05) is 25.8 Å². The number of hydrogen-bond donors (Lipinski definition) is 1. The van der Waals surface area contributed by atoms with Gasteiger partial charge >= 0.3 is 0 Å². The Morgan fingerprint density at radius 2 is 1.96 bits per heavy atom. The minimum atomic E-state index is -0.115. The summed E-state index contributed by atoms with van der Waals surface area (Å²) in [7, 11) is 0. The Morgan fingerprint density at radius 3 is 2.71 bits per heavy atom. The van der Waals surface area contributed by atoms with Crippen molar-refractivity contribution in [2.45, 2.75) is 39.1 Å². The van der Waals surface area contributed by atoms with Gasteiger partial charge in [-0.05, 0) is 37.6 Å². The molecule has 1 aliphatic heterocycles. The summed E-state index contributed by atoms with van der Waals surface area (Å²) in [6.07, 6.45) is 2.19. The third-order valence-electron chi connectivity index (χ3n) is 4.76. The first-order valence-electron chi connectivity index (χ1n) is 9.49. The second kappa shape index (κ2) is 7.93. The van der Waals surface area contributed by atoms with Gasteiger partial charge in [0.15, 0.2) is 0 Å². The molecule has 28 heavy (non-hydrogen) atoms. The monoisotopic (exact) mass is 380 g/mol. The van der Waals surface area contributed by atoms with Crippen LogP contribution in [0.4, 0.5) is 5.82 Å². The Bertz CT molecular complexity index is 945. The van der Waals surface area contributed by atoms with Gasteiger partial charge < -0.3 is 15.0 Å². The third kappa shape index (κ3) is 4.12. The van der Waals surface area contributed by atoms with E-state index in [1.54, 1.807) is 4.68 Å². The lowest BCUT2D eigenvalue weighted by molar-refractivity contribution is -0.121. The van der Waals surface area contributed by atoms with E-state index >= 15 is 0 Å². The van der Waals surface area contributed by atoms with Crippen LogP contribution >= 0.6 is 0 Å². The highest BCUT2D eigenvalue weighted by Gasteiger charge is 2.23. The maximum atomic E-state index is 12.3. The molecule has 1 amide bonds. The summed E-state index contributed by atoms with van der Waals surface area (Å²) in [5.74, 6) is 0.821. The second-order valence-corrected chi connectivity index (χ2v) is 7.20. The van der Waals surface area contributed by atoms with Gasteiger partial charge in [0.2, 0.25) is 5.91 Å². The number of amides is 1. The van der Waals surface area contributed by atoms with Crippen molar-refractivity contribution in [2.24, 2.45) is 0 Å². The first-order valence-corrected chi connectivity index (χ1v) is 9.49. The molecule has 8 heteroatoms. The lowest BCUT2D eigenvalue weighted by Crippen LogP contribution is -2.45. The fourth-order valence-corrected chi connectivity index (χ4v) is 3.50. The smallest absolute Gasteiger partial charge is 0.242 e. The second-order valence-electron chi connectivity index (χ2n) is 7.20. The van der Waals surface area contributed by atoms with E-state index in [0.29, 0.717) is 6.54 Å². The van der Waals surface area contributed by atoms with Crippen molar-refractivity contribution in [3.63, 3.8) is 0 Å². The van der Waals surface area contributed by atoms with Crippen LogP contribution in [0.15, 0.2) is 42.6 Å². The topological polar surface area (TPSA) is 85.2 Å². The van der Waals surface area contributed by atoms with Crippen LogP contribution in [-0.4, -0.2) is 51.2 Å². The van der Waals surface area contributed by atoms with Crippen LogP contribution in [0.1, 0.15) is 19.4 Å². The van der Waals surface area contributed by atoms with E-state index in [2.05, 4.69) is 39.4 Å². The molecule has 2 aromatic heterocycles. The number of rotatable bonds is 5. The summed E-state index contributed by atoms with van der Waals surface area (Å²) >= 11 is 0. The normalized spacial score (nSPS) is 19.7. The van der Waals surface area contributed by atoms with Gasteiger partial charge in [-0.1, -0.05) is 23.4 Å². The maximum absolute atomic E-state index is 12.3. The Labute approximate surface area is 163 Å². The van der Waals surface area contributed by atoms with E-state index in [1.165, 1.54) is 0 Å². The number of fused-ring (bicyclic) bond motifs is 1. The van der Waals surface area contributed by atoms with Crippen molar-refractivity contribution in [2.75, 3.05) is 18.0 Å². The lowest BCUT2D eigenvalue weighted by atomic mass is 10.2. The summed E-state index contributed by atoms with van der Waals surface area (Å²) in [6, 6.07) is 11.6. The molecule has 8 nitrogen and oxygen atoms in total. The standard InChI is InChI=1S/C20H24N6O2/c1-14-11-25(12-15(2)28-14)19-8-7-16(9-21-19)10-22-20(27)13-26-18-6-4-3-5-17(18)23-24-26/h3-9,14-15H,10-13H2,1-2H3,(H,22,27)/t14-,15-/m0/s1. The van der Waals surface area contributed by atoms with Gasteiger partial charge in [-0.25, -0.2) is 9.67 Å². The number of nitrogens with one attached hydrogen (secondary N) is 1. The average Bonchev–Trinajstić information content (AvgIpc) is 3.09. The fraction of sp³-hybridized carbons (Fsp3) is 0.400. The SMILES string of the molecule is C[C@H]1CN(c2ccc(CNC(=O)Cn3nnc4ccccc43)cn2)C[C@H](C)O1. The molecule has 0 bridgehead atoms. The summed E-state index contributed by atoms with van der Waals surface area (Å²) in [4.78, 5) is 19.1. The largest absolute Gasteiger partial charge is 0.372 e. The number of carbonyl (C=O) groups is 1. The number of ether oxygens (including phenoxy) is 1. The molecular formula is C20H24N6O2. The molecule has 2 atom stereocenters. The molecule has 1 saturated heterocycles. The average molecular weight is 380 g/mol. The van der Waals surface area contributed by atoms with Gasteiger partial charge in [0.05, 0.1) is 17.7 Å². The molecule has 1 aromatic carbocycles. The zero-order chi connectivity index (χ0) is 19.5. The molecule has 3 heterocycles. The maximum Gasteiger partial charge on any atom is 0.242 e. The number of carbonyl (C=O) groups excluding carboxylic acids is 1. The van der Waals surface area contributed by atoms with Crippen LogP contribution in [0.2, 0.25) is 0 Å². The van der Waals surface area contributed by atoms with Crippen molar-refractivity contribution >= 4 is 22.8 Å². The van der Waals surface area contributed by atoms with E-state index in [1.807, 2.05) is 42.6 Å². The van der Waals surface area contributed by atoms with Gasteiger partial charge in [0.1, 0.15) is 17.9 Å². The van der Waals surface area contributed by atoms with Crippen LogP contribution in [0.5, 0.6) is 0 Å². The third-order valence-corrected chi connectivity index (χ3v) is 4.76. The highest BCUT2D eigenvalue weighted by Crippen LogP contribution is 2.18. The van der Waals surface area contributed by atoms with E-state index in [0.717, 1.165) is 35.5 Å². The van der Waals surface area contributed by atoms with Crippen molar-refractivity contribution in [3.05, 3.63) is 48.2 Å². The molecule has 4 rings (SSSR count). The number of anilines is 1. The first kappa shape index (κ1) is 18.4. The van der Waals surface area contributed by atoms with Crippen LogP contribution in [0, 0.1) is 0 Å². The van der Waals surface area contributed by atoms with Gasteiger partial charge in [-0.2, -0.15) is 0 Å². The minimum absolute atomic E-state index is 0.115. The summed E-state index contributed by atoms with van der Waals surface area (Å²) < 4.78 is 7.37. The van der Waals surface area contributed by atoms with Gasteiger partial charge in [-0.15, -0.1) is 5.10 Å². The molecule has 0 spiro atoms. The fourth-order valence-electron chi connectivity index (χ4n) is 3.50. The molecule has 0 saturated carbocycles. The quantitative estimate of drug-likeness (QED) is 0.726. The van der Waals surface area contributed by atoms with Crippen molar-refractivity contribution in [1.29, 1.82) is 0 Å². The number of hydrogen-bond acceptors (Lipinski definition) is 6. The van der Waals surface area contributed by atoms with Crippen molar-refractivity contribution < 1.29 is 9.53 Å². The highest BCUT2D eigenvalue weighted by atomic mass is 16.5. The van der Waals surface area contributed by atoms with Crippen LogP contribution in [-0.2, 0) is 22.6 Å². The molecule has 1 N–H and O–H groups in total. The number of aromatic nitrogens is 4. The first-order chi connectivity index (χ1) is 13.6.